The van der Waals surface area contributed by atoms with E-state index in [0.717, 1.165) is 11.1 Å². The van der Waals surface area contributed by atoms with Crippen LogP contribution in [0.25, 0.3) is 11.1 Å². The van der Waals surface area contributed by atoms with Crippen LogP contribution in [0.15, 0.2) is 36.7 Å². The number of hydrogen-bond acceptors (Lipinski definition) is 4. The molecule has 0 spiro atoms. The first-order chi connectivity index (χ1) is 11.2. The van der Waals surface area contributed by atoms with Crippen LogP contribution in [0.1, 0.15) is 10.4 Å². The molecule has 6 heteroatoms. The zero-order chi connectivity index (χ0) is 15.9. The molecule has 1 amide bonds. The predicted molar refractivity (Wildman–Crippen MR) is 83.8 cm³/mol. The SMILES string of the molecule is O=C(c1cccc(-c2cn[nH]c2)c1)N1C[C@H]2COC[C@@]2(CO)C1. The number of carbonyl (C=O) groups excluding carboxylic acids is 1. The number of H-pyrrole nitrogens is 1. The summed E-state index contributed by atoms with van der Waals surface area (Å²) in [5.74, 6) is 0.242. The summed E-state index contributed by atoms with van der Waals surface area (Å²) in [7, 11) is 0. The Morgan fingerprint density at radius 1 is 1.48 bits per heavy atom. The molecule has 2 aliphatic heterocycles. The van der Waals surface area contributed by atoms with Crippen LogP contribution >= 0.6 is 0 Å². The topological polar surface area (TPSA) is 78.5 Å². The number of aromatic amines is 1. The molecule has 2 atom stereocenters. The zero-order valence-corrected chi connectivity index (χ0v) is 12.7. The normalized spacial score (nSPS) is 26.5. The van der Waals surface area contributed by atoms with Crippen molar-refractivity contribution in [2.45, 2.75) is 0 Å². The van der Waals surface area contributed by atoms with Crippen molar-refractivity contribution in [1.29, 1.82) is 0 Å². The van der Waals surface area contributed by atoms with Crippen LogP contribution in [0.2, 0.25) is 0 Å². The number of benzene rings is 1. The second-order valence-corrected chi connectivity index (χ2v) is 6.49. The van der Waals surface area contributed by atoms with Crippen molar-refractivity contribution in [3.8, 4) is 11.1 Å². The number of nitrogens with zero attached hydrogens (tertiary/aromatic N) is 2. The van der Waals surface area contributed by atoms with Crippen LogP contribution < -0.4 is 0 Å². The lowest BCUT2D eigenvalue weighted by molar-refractivity contribution is 0.0631. The second kappa shape index (κ2) is 5.47. The van der Waals surface area contributed by atoms with Crippen LogP contribution in [0.4, 0.5) is 0 Å². The van der Waals surface area contributed by atoms with Gasteiger partial charge >= 0.3 is 0 Å². The Kier molecular flexibility index (Phi) is 3.43. The Morgan fingerprint density at radius 2 is 2.39 bits per heavy atom. The van der Waals surface area contributed by atoms with E-state index in [2.05, 4.69) is 10.2 Å². The first kappa shape index (κ1) is 14.4. The summed E-state index contributed by atoms with van der Waals surface area (Å²) in [6.07, 6.45) is 3.55. The first-order valence-corrected chi connectivity index (χ1v) is 7.79. The molecular weight excluding hydrogens is 294 g/mol. The molecule has 2 fully saturated rings. The Bertz CT molecular complexity index is 716. The monoisotopic (exact) mass is 313 g/mol. The molecule has 0 unspecified atom stereocenters. The maximum absolute atomic E-state index is 12.8. The molecule has 120 valence electrons. The van der Waals surface area contributed by atoms with Crippen molar-refractivity contribution in [2.75, 3.05) is 32.9 Å². The summed E-state index contributed by atoms with van der Waals surface area (Å²) in [6.45, 7) is 2.43. The molecule has 1 aromatic heterocycles. The molecule has 6 nitrogen and oxygen atoms in total. The summed E-state index contributed by atoms with van der Waals surface area (Å²) in [4.78, 5) is 14.7. The number of hydrogen-bond donors (Lipinski definition) is 2. The standard InChI is InChI=1S/C17H19N3O3/c21-10-17-9-20(7-15(17)8-23-11-17)16(22)13-3-1-2-12(4-13)14-5-18-19-6-14/h1-6,15,21H,7-11H2,(H,18,19)/t15-,17-/m0/s1. The van der Waals surface area contributed by atoms with Gasteiger partial charge in [0.15, 0.2) is 0 Å². The number of rotatable bonds is 3. The van der Waals surface area contributed by atoms with E-state index in [1.165, 1.54) is 0 Å². The first-order valence-electron chi connectivity index (χ1n) is 7.79. The van der Waals surface area contributed by atoms with E-state index in [-0.39, 0.29) is 23.8 Å². The number of aliphatic hydroxyl groups is 1. The number of nitrogens with one attached hydrogen (secondary N) is 1. The number of amides is 1. The van der Waals surface area contributed by atoms with Gasteiger partial charge in [-0.2, -0.15) is 5.10 Å². The lowest BCUT2D eigenvalue weighted by Crippen LogP contribution is -2.36. The highest BCUT2D eigenvalue weighted by atomic mass is 16.5. The molecule has 4 rings (SSSR count). The smallest absolute Gasteiger partial charge is 0.253 e. The molecule has 2 saturated heterocycles. The van der Waals surface area contributed by atoms with Crippen molar-refractivity contribution in [1.82, 2.24) is 15.1 Å². The van der Waals surface area contributed by atoms with Crippen molar-refractivity contribution >= 4 is 5.91 Å². The van der Waals surface area contributed by atoms with Gasteiger partial charge in [0.25, 0.3) is 5.91 Å². The third-order valence-electron chi connectivity index (χ3n) is 5.06. The van der Waals surface area contributed by atoms with Crippen LogP contribution in [0, 0.1) is 11.3 Å². The molecule has 3 heterocycles. The van der Waals surface area contributed by atoms with Crippen LogP contribution in [-0.4, -0.2) is 59.0 Å². The van der Waals surface area contributed by atoms with Crippen LogP contribution in [0.5, 0.6) is 0 Å². The van der Waals surface area contributed by atoms with Gasteiger partial charge in [-0.25, -0.2) is 0 Å². The lowest BCUT2D eigenvalue weighted by atomic mass is 9.82. The molecule has 0 radical (unpaired) electrons. The summed E-state index contributed by atoms with van der Waals surface area (Å²) in [6, 6.07) is 7.58. The van der Waals surface area contributed by atoms with Gasteiger partial charge in [0, 0.05) is 41.7 Å². The summed E-state index contributed by atoms with van der Waals surface area (Å²) in [5.41, 5.74) is 2.30. The molecule has 2 N–H and O–H groups in total. The molecule has 23 heavy (non-hydrogen) atoms. The third kappa shape index (κ3) is 2.34. The molecule has 0 saturated carbocycles. The van der Waals surface area contributed by atoms with Gasteiger partial charge in [-0.05, 0) is 17.7 Å². The minimum atomic E-state index is -0.280. The average molecular weight is 313 g/mol. The fourth-order valence-corrected chi connectivity index (χ4v) is 3.63. The van der Waals surface area contributed by atoms with Crippen molar-refractivity contribution < 1.29 is 14.6 Å². The Balaban J connectivity index is 1.57. The molecule has 1 aromatic carbocycles. The van der Waals surface area contributed by atoms with E-state index in [4.69, 9.17) is 4.74 Å². The van der Waals surface area contributed by atoms with E-state index < -0.39 is 0 Å². The number of aromatic nitrogens is 2. The van der Waals surface area contributed by atoms with Crippen molar-refractivity contribution in [3.63, 3.8) is 0 Å². The van der Waals surface area contributed by atoms with Gasteiger partial charge in [-0.1, -0.05) is 12.1 Å². The van der Waals surface area contributed by atoms with Crippen molar-refractivity contribution in [2.24, 2.45) is 11.3 Å². The second-order valence-electron chi connectivity index (χ2n) is 6.49. The fourth-order valence-electron chi connectivity index (χ4n) is 3.63. The zero-order valence-electron chi connectivity index (χ0n) is 12.7. The van der Waals surface area contributed by atoms with Gasteiger partial charge in [0.2, 0.25) is 0 Å². The largest absolute Gasteiger partial charge is 0.396 e. The summed E-state index contributed by atoms with van der Waals surface area (Å²) in [5, 5.41) is 16.5. The predicted octanol–water partition coefficient (Wildman–Crippen LogP) is 1.16. The van der Waals surface area contributed by atoms with Gasteiger partial charge in [-0.3, -0.25) is 9.89 Å². The highest BCUT2D eigenvalue weighted by Crippen LogP contribution is 2.41. The number of fused-ring (bicyclic) bond motifs is 1. The van der Waals surface area contributed by atoms with E-state index in [9.17, 15) is 9.90 Å². The number of carbonyl (C=O) groups is 1. The summed E-state index contributed by atoms with van der Waals surface area (Å²) >= 11 is 0. The van der Waals surface area contributed by atoms with E-state index in [1.54, 1.807) is 6.20 Å². The highest BCUT2D eigenvalue weighted by Gasteiger charge is 2.51. The highest BCUT2D eigenvalue weighted by molar-refractivity contribution is 5.95. The van der Waals surface area contributed by atoms with E-state index in [0.29, 0.717) is 31.9 Å². The maximum Gasteiger partial charge on any atom is 0.253 e. The summed E-state index contributed by atoms with van der Waals surface area (Å²) < 4.78 is 5.50. The van der Waals surface area contributed by atoms with E-state index >= 15 is 0 Å². The number of likely N-dealkylation sites (tertiary alicyclic amines) is 1. The Hall–Kier alpha value is -2.18. The molecular formula is C17H19N3O3. The third-order valence-corrected chi connectivity index (χ3v) is 5.06. The minimum absolute atomic E-state index is 0.0116. The van der Waals surface area contributed by atoms with Crippen LogP contribution in [0.3, 0.4) is 0 Å². The van der Waals surface area contributed by atoms with Gasteiger partial charge < -0.3 is 14.7 Å². The number of ether oxygens (including phenoxy) is 1. The van der Waals surface area contributed by atoms with Gasteiger partial charge in [-0.15, -0.1) is 0 Å². The van der Waals surface area contributed by atoms with Crippen LogP contribution in [-0.2, 0) is 4.74 Å². The number of aliphatic hydroxyl groups excluding tert-OH is 1. The molecule has 2 aliphatic rings. The molecule has 0 aliphatic carbocycles. The quantitative estimate of drug-likeness (QED) is 0.891. The van der Waals surface area contributed by atoms with E-state index in [1.807, 2.05) is 35.4 Å². The Labute approximate surface area is 134 Å². The van der Waals surface area contributed by atoms with Crippen molar-refractivity contribution in [3.05, 3.63) is 42.2 Å². The average Bonchev–Trinajstić information content (AvgIpc) is 3.29. The van der Waals surface area contributed by atoms with Gasteiger partial charge in [0.1, 0.15) is 0 Å². The molecule has 2 aromatic rings. The Morgan fingerprint density at radius 3 is 3.13 bits per heavy atom. The van der Waals surface area contributed by atoms with Gasteiger partial charge in [0.05, 0.1) is 26.0 Å². The lowest BCUT2D eigenvalue weighted by Gasteiger charge is -2.24. The maximum atomic E-state index is 12.8. The molecule has 0 bridgehead atoms. The minimum Gasteiger partial charge on any atom is -0.396 e. The fraction of sp³-hybridized carbons (Fsp3) is 0.412.